The predicted octanol–water partition coefficient (Wildman–Crippen LogP) is 3.88. The minimum Gasteiger partial charge on any atom is -0.460 e. The van der Waals surface area contributed by atoms with Crippen molar-refractivity contribution >= 4 is 12.2 Å². The second kappa shape index (κ2) is 7.34. The molecule has 2 heterocycles. The number of nitrogens with zero attached hydrogens (tertiary/aromatic N) is 2. The van der Waals surface area contributed by atoms with Crippen LogP contribution in [0.3, 0.4) is 0 Å². The van der Waals surface area contributed by atoms with Crippen molar-refractivity contribution in [1.29, 1.82) is 0 Å². The number of aliphatic imine (C=N–C) groups is 2. The first-order valence-corrected chi connectivity index (χ1v) is 8.64. The molecule has 0 saturated carbocycles. The van der Waals surface area contributed by atoms with Crippen LogP contribution in [0, 0.1) is 5.92 Å². The van der Waals surface area contributed by atoms with Crippen molar-refractivity contribution < 1.29 is 4.74 Å². The molecule has 4 heteroatoms. The zero-order valence-electron chi connectivity index (χ0n) is 14.0. The summed E-state index contributed by atoms with van der Waals surface area (Å²) in [6.07, 6.45) is 6.92. The minimum absolute atomic E-state index is 0.0851. The van der Waals surface area contributed by atoms with E-state index in [0.29, 0.717) is 12.6 Å². The number of hydrogen-bond donors (Lipinski definition) is 1. The molecule has 4 rings (SSSR count). The average molecular weight is 331 g/mol. The van der Waals surface area contributed by atoms with E-state index in [0.717, 1.165) is 12.0 Å². The summed E-state index contributed by atoms with van der Waals surface area (Å²) < 4.78 is 5.94. The molecule has 4 nitrogen and oxygen atoms in total. The van der Waals surface area contributed by atoms with Gasteiger partial charge in [-0.05, 0) is 17.5 Å². The highest BCUT2D eigenvalue weighted by Crippen LogP contribution is 2.31. The van der Waals surface area contributed by atoms with Crippen molar-refractivity contribution in [2.45, 2.75) is 25.1 Å². The summed E-state index contributed by atoms with van der Waals surface area (Å²) in [6.45, 7) is 0.513. The number of ether oxygens (including phenoxy) is 1. The third-order valence-corrected chi connectivity index (χ3v) is 4.58. The maximum absolute atomic E-state index is 5.94. The Bertz CT molecular complexity index is 783. The van der Waals surface area contributed by atoms with Crippen LogP contribution in [0.1, 0.15) is 23.6 Å². The molecule has 0 radical (unpaired) electrons. The minimum atomic E-state index is 0.0851. The molecule has 3 atom stereocenters. The highest BCUT2D eigenvalue weighted by molar-refractivity contribution is 5.78. The van der Waals surface area contributed by atoms with E-state index in [-0.39, 0.29) is 18.0 Å². The van der Waals surface area contributed by atoms with Gasteiger partial charge in [-0.2, -0.15) is 0 Å². The second-order valence-corrected chi connectivity index (χ2v) is 6.31. The third kappa shape index (κ3) is 3.63. The van der Waals surface area contributed by atoms with Crippen LogP contribution in [0.15, 0.2) is 82.9 Å². The largest absolute Gasteiger partial charge is 0.460 e. The van der Waals surface area contributed by atoms with Gasteiger partial charge in [-0.1, -0.05) is 66.7 Å². The smallest absolute Gasteiger partial charge is 0.285 e. The van der Waals surface area contributed by atoms with Crippen LogP contribution in [0.2, 0.25) is 0 Å². The molecule has 0 bridgehead atoms. The fraction of sp³-hybridized carbons (Fsp3) is 0.238. The Labute approximate surface area is 148 Å². The number of hydrogen-bond acceptors (Lipinski definition) is 4. The SMILES string of the molecule is C1=CN=CC([C@@H]2N=C(OCc3ccccc3)N[C@@H]2c2ccccc2)C1. The second-order valence-electron chi connectivity index (χ2n) is 6.31. The van der Waals surface area contributed by atoms with Gasteiger partial charge in [-0.25, -0.2) is 4.99 Å². The van der Waals surface area contributed by atoms with Gasteiger partial charge in [-0.15, -0.1) is 0 Å². The highest BCUT2D eigenvalue weighted by Gasteiger charge is 2.36. The first-order valence-electron chi connectivity index (χ1n) is 8.64. The molecular formula is C21H21N3O. The fourth-order valence-corrected chi connectivity index (χ4v) is 3.28. The number of allylic oxidation sites excluding steroid dienone is 1. The van der Waals surface area contributed by atoms with E-state index in [1.807, 2.05) is 36.7 Å². The normalized spacial score (nSPS) is 24.6. The summed E-state index contributed by atoms with van der Waals surface area (Å²) in [6, 6.07) is 21.4. The van der Waals surface area contributed by atoms with Crippen molar-refractivity contribution in [2.75, 3.05) is 0 Å². The molecule has 0 saturated heterocycles. The molecule has 0 fully saturated rings. The van der Waals surface area contributed by atoms with Crippen LogP contribution in [0.5, 0.6) is 0 Å². The standard InChI is InChI=1S/C21H21N3O/c1-3-8-16(9-4-1)15-25-21-23-19(17-10-5-2-6-11-17)20(24-21)18-12-7-13-22-14-18/h1-11,13-14,18-20H,12,15H2,(H,23,24)/t18?,19-,20+/m1/s1. The van der Waals surface area contributed by atoms with Crippen LogP contribution in [0.25, 0.3) is 0 Å². The summed E-state index contributed by atoms with van der Waals surface area (Å²) in [5.41, 5.74) is 2.35. The lowest BCUT2D eigenvalue weighted by Gasteiger charge is -2.24. The van der Waals surface area contributed by atoms with Crippen LogP contribution in [0.4, 0.5) is 0 Å². The van der Waals surface area contributed by atoms with Gasteiger partial charge < -0.3 is 10.1 Å². The Kier molecular flexibility index (Phi) is 4.59. The number of rotatable bonds is 4. The molecule has 2 aliphatic rings. The third-order valence-electron chi connectivity index (χ3n) is 4.58. The monoisotopic (exact) mass is 331 g/mol. The first kappa shape index (κ1) is 15.6. The van der Waals surface area contributed by atoms with E-state index in [9.17, 15) is 0 Å². The van der Waals surface area contributed by atoms with Gasteiger partial charge in [0.05, 0.1) is 12.1 Å². The van der Waals surface area contributed by atoms with E-state index >= 15 is 0 Å². The lowest BCUT2D eigenvalue weighted by molar-refractivity contribution is 0.279. The van der Waals surface area contributed by atoms with Crippen LogP contribution in [-0.4, -0.2) is 18.3 Å². The van der Waals surface area contributed by atoms with E-state index in [4.69, 9.17) is 9.73 Å². The summed E-state index contributed by atoms with van der Waals surface area (Å²) in [4.78, 5) is 9.15. The Morgan fingerprint density at radius 3 is 2.48 bits per heavy atom. The van der Waals surface area contributed by atoms with Crippen LogP contribution < -0.4 is 5.32 Å². The molecule has 2 aliphatic heterocycles. The van der Waals surface area contributed by atoms with E-state index in [1.54, 1.807) is 0 Å². The Balaban J connectivity index is 1.52. The lowest BCUT2D eigenvalue weighted by Crippen LogP contribution is -2.32. The quantitative estimate of drug-likeness (QED) is 0.924. The molecule has 0 aromatic heterocycles. The van der Waals surface area contributed by atoms with Gasteiger partial charge in [0, 0.05) is 18.3 Å². The van der Waals surface area contributed by atoms with Crippen molar-refractivity contribution in [3.63, 3.8) is 0 Å². The van der Waals surface area contributed by atoms with Crippen molar-refractivity contribution in [2.24, 2.45) is 15.9 Å². The van der Waals surface area contributed by atoms with Gasteiger partial charge in [-0.3, -0.25) is 4.99 Å². The molecule has 1 N–H and O–H groups in total. The molecule has 0 spiro atoms. The maximum Gasteiger partial charge on any atom is 0.285 e. The van der Waals surface area contributed by atoms with Gasteiger partial charge in [0.2, 0.25) is 0 Å². The van der Waals surface area contributed by atoms with Crippen LogP contribution >= 0.6 is 0 Å². The topological polar surface area (TPSA) is 46.0 Å². The van der Waals surface area contributed by atoms with Gasteiger partial charge in [0.15, 0.2) is 0 Å². The molecular weight excluding hydrogens is 310 g/mol. The van der Waals surface area contributed by atoms with Crippen molar-refractivity contribution in [1.82, 2.24) is 5.32 Å². The van der Waals surface area contributed by atoms with Gasteiger partial charge in [0.25, 0.3) is 6.02 Å². The molecule has 1 unspecified atom stereocenters. The van der Waals surface area contributed by atoms with Crippen molar-refractivity contribution in [3.8, 4) is 0 Å². The summed E-state index contributed by atoms with van der Waals surface area (Å²) in [5.74, 6) is 0.278. The molecule has 0 aliphatic carbocycles. The first-order chi connectivity index (χ1) is 12.4. The summed E-state index contributed by atoms with van der Waals surface area (Å²) >= 11 is 0. The molecule has 25 heavy (non-hydrogen) atoms. The van der Waals surface area contributed by atoms with E-state index in [1.165, 1.54) is 5.56 Å². The molecule has 2 aromatic rings. The zero-order chi connectivity index (χ0) is 16.9. The summed E-state index contributed by atoms with van der Waals surface area (Å²) in [7, 11) is 0. The summed E-state index contributed by atoms with van der Waals surface area (Å²) in [5, 5.41) is 3.47. The van der Waals surface area contributed by atoms with Gasteiger partial charge >= 0.3 is 0 Å². The molecule has 126 valence electrons. The Hall–Kier alpha value is -2.88. The highest BCUT2D eigenvalue weighted by atomic mass is 16.5. The molecule has 2 aromatic carbocycles. The fourth-order valence-electron chi connectivity index (χ4n) is 3.28. The van der Waals surface area contributed by atoms with E-state index in [2.05, 4.69) is 52.8 Å². The Morgan fingerprint density at radius 1 is 1.00 bits per heavy atom. The van der Waals surface area contributed by atoms with Crippen molar-refractivity contribution in [3.05, 3.63) is 84.1 Å². The zero-order valence-corrected chi connectivity index (χ0v) is 14.0. The predicted molar refractivity (Wildman–Crippen MR) is 101 cm³/mol. The average Bonchev–Trinajstić information content (AvgIpc) is 3.13. The molecule has 0 amide bonds. The van der Waals surface area contributed by atoms with Gasteiger partial charge in [0.1, 0.15) is 6.61 Å². The van der Waals surface area contributed by atoms with Crippen LogP contribution in [-0.2, 0) is 11.3 Å². The Morgan fingerprint density at radius 2 is 1.76 bits per heavy atom. The number of nitrogens with one attached hydrogen (secondary N) is 1. The number of benzene rings is 2. The van der Waals surface area contributed by atoms with E-state index < -0.39 is 0 Å². The maximum atomic E-state index is 5.94. The number of amidine groups is 1. The lowest BCUT2D eigenvalue weighted by atomic mass is 9.88.